The van der Waals surface area contributed by atoms with Crippen molar-refractivity contribution in [2.45, 2.75) is 20.8 Å². The first-order valence-electron chi connectivity index (χ1n) is 6.03. The van der Waals surface area contributed by atoms with E-state index in [2.05, 4.69) is 6.07 Å². The first kappa shape index (κ1) is 13.8. The Kier molecular flexibility index (Phi) is 5.47. The highest BCUT2D eigenvalue weighted by Gasteiger charge is 1.99. The Hall–Kier alpha value is -2.27. The van der Waals surface area contributed by atoms with Crippen LogP contribution in [0, 0.1) is 18.3 Å². The molecule has 2 nitrogen and oxygen atoms in total. The van der Waals surface area contributed by atoms with E-state index >= 15 is 0 Å². The van der Waals surface area contributed by atoms with E-state index in [-0.39, 0.29) is 0 Å². The Morgan fingerprint density at radius 1 is 0.944 bits per heavy atom. The number of nitriles is 1. The Balaban J connectivity index is 0.000000771. The van der Waals surface area contributed by atoms with Crippen LogP contribution in [-0.4, -0.2) is 0 Å². The molecule has 2 aromatic carbocycles. The second-order valence-electron chi connectivity index (χ2n) is 3.50. The van der Waals surface area contributed by atoms with Crippen LogP contribution in [0.15, 0.2) is 48.5 Å². The van der Waals surface area contributed by atoms with Crippen LogP contribution < -0.4 is 4.74 Å². The van der Waals surface area contributed by atoms with Crippen molar-refractivity contribution in [1.29, 1.82) is 5.26 Å². The third kappa shape index (κ3) is 3.64. The summed E-state index contributed by atoms with van der Waals surface area (Å²) in [6, 6.07) is 17.0. The summed E-state index contributed by atoms with van der Waals surface area (Å²) >= 11 is 0. The Morgan fingerprint density at radius 2 is 1.56 bits per heavy atom. The maximum absolute atomic E-state index is 8.67. The Labute approximate surface area is 108 Å². The number of hydrogen-bond acceptors (Lipinski definition) is 2. The lowest BCUT2D eigenvalue weighted by Gasteiger charge is -2.07. The fourth-order valence-electron chi connectivity index (χ4n) is 1.40. The van der Waals surface area contributed by atoms with Crippen LogP contribution in [-0.2, 0) is 0 Å². The zero-order chi connectivity index (χ0) is 13.4. The van der Waals surface area contributed by atoms with Gasteiger partial charge in [0.15, 0.2) is 0 Å². The van der Waals surface area contributed by atoms with Crippen molar-refractivity contribution < 1.29 is 4.74 Å². The van der Waals surface area contributed by atoms with Crippen LogP contribution >= 0.6 is 0 Å². The summed E-state index contributed by atoms with van der Waals surface area (Å²) < 4.78 is 5.70. The second kappa shape index (κ2) is 7.13. The van der Waals surface area contributed by atoms with Gasteiger partial charge in [0.1, 0.15) is 11.5 Å². The van der Waals surface area contributed by atoms with E-state index in [0.29, 0.717) is 5.56 Å². The van der Waals surface area contributed by atoms with E-state index in [9.17, 15) is 0 Å². The van der Waals surface area contributed by atoms with Crippen LogP contribution in [0.2, 0.25) is 0 Å². The van der Waals surface area contributed by atoms with Crippen molar-refractivity contribution in [3.05, 3.63) is 59.7 Å². The molecule has 0 spiro atoms. The predicted octanol–water partition coefficient (Wildman–Crippen LogP) is 4.69. The maximum atomic E-state index is 8.67. The molecule has 0 heterocycles. The summed E-state index contributed by atoms with van der Waals surface area (Å²) in [6.45, 7) is 6.00. The molecule has 0 fully saturated rings. The standard InChI is InChI=1S/C14H11NO.C2H6/c1-11-4-2-3-5-14(11)16-13-8-6-12(10-15)7-9-13;1-2/h2-9H,1H3;1-2H3. The third-order valence-electron chi connectivity index (χ3n) is 2.30. The predicted molar refractivity (Wildman–Crippen MR) is 73.8 cm³/mol. The average molecular weight is 239 g/mol. The van der Waals surface area contributed by atoms with Gasteiger partial charge in [-0.3, -0.25) is 0 Å². The topological polar surface area (TPSA) is 33.0 Å². The molecule has 0 unspecified atom stereocenters. The Bertz CT molecular complexity index is 524. The van der Waals surface area contributed by atoms with Crippen molar-refractivity contribution >= 4 is 0 Å². The molecule has 0 bridgehead atoms. The van der Waals surface area contributed by atoms with Crippen molar-refractivity contribution in [2.24, 2.45) is 0 Å². The lowest BCUT2D eigenvalue weighted by Crippen LogP contribution is -1.86. The van der Waals surface area contributed by atoms with E-state index in [4.69, 9.17) is 10.00 Å². The number of benzene rings is 2. The molecule has 0 aromatic heterocycles. The molecule has 0 amide bonds. The molecule has 0 aliphatic heterocycles. The van der Waals surface area contributed by atoms with Crippen LogP contribution in [0.3, 0.4) is 0 Å². The maximum Gasteiger partial charge on any atom is 0.130 e. The van der Waals surface area contributed by atoms with Crippen LogP contribution in [0.4, 0.5) is 0 Å². The largest absolute Gasteiger partial charge is 0.457 e. The smallest absolute Gasteiger partial charge is 0.130 e. The van der Waals surface area contributed by atoms with Gasteiger partial charge < -0.3 is 4.74 Å². The highest BCUT2D eigenvalue weighted by atomic mass is 16.5. The monoisotopic (exact) mass is 239 g/mol. The zero-order valence-electron chi connectivity index (χ0n) is 11.0. The third-order valence-corrected chi connectivity index (χ3v) is 2.30. The minimum absolute atomic E-state index is 0.636. The summed E-state index contributed by atoms with van der Waals surface area (Å²) in [5.74, 6) is 1.58. The summed E-state index contributed by atoms with van der Waals surface area (Å²) in [6.07, 6.45) is 0. The lowest BCUT2D eigenvalue weighted by molar-refractivity contribution is 0.479. The van der Waals surface area contributed by atoms with Gasteiger partial charge in [-0.25, -0.2) is 0 Å². The molecule has 2 heteroatoms. The second-order valence-corrected chi connectivity index (χ2v) is 3.50. The molecular formula is C16H17NO. The minimum atomic E-state index is 0.636. The summed E-state index contributed by atoms with van der Waals surface area (Å²) in [4.78, 5) is 0. The average Bonchev–Trinajstić information content (AvgIpc) is 2.44. The number of nitrogens with zero attached hydrogens (tertiary/aromatic N) is 1. The fraction of sp³-hybridized carbons (Fsp3) is 0.188. The normalized spacial score (nSPS) is 8.78. The van der Waals surface area contributed by atoms with Gasteiger partial charge in [-0.1, -0.05) is 32.0 Å². The van der Waals surface area contributed by atoms with Gasteiger partial charge in [-0.05, 0) is 42.8 Å². The molecule has 0 saturated carbocycles. The number of hydrogen-bond donors (Lipinski definition) is 0. The van der Waals surface area contributed by atoms with E-state index < -0.39 is 0 Å². The van der Waals surface area contributed by atoms with Gasteiger partial charge in [-0.15, -0.1) is 0 Å². The lowest BCUT2D eigenvalue weighted by atomic mass is 10.2. The summed E-state index contributed by atoms with van der Waals surface area (Å²) in [7, 11) is 0. The summed E-state index contributed by atoms with van der Waals surface area (Å²) in [5.41, 5.74) is 1.73. The van der Waals surface area contributed by atoms with Gasteiger partial charge in [-0.2, -0.15) is 5.26 Å². The molecule has 0 radical (unpaired) electrons. The van der Waals surface area contributed by atoms with E-state index in [1.807, 2.05) is 45.0 Å². The molecule has 0 N–H and O–H groups in total. The van der Waals surface area contributed by atoms with E-state index in [0.717, 1.165) is 17.1 Å². The van der Waals surface area contributed by atoms with Gasteiger partial charge in [0, 0.05) is 0 Å². The van der Waals surface area contributed by atoms with Crippen molar-refractivity contribution in [3.8, 4) is 17.6 Å². The SMILES string of the molecule is CC.Cc1ccccc1Oc1ccc(C#N)cc1. The van der Waals surface area contributed by atoms with Crippen LogP contribution in [0.25, 0.3) is 0 Å². The zero-order valence-corrected chi connectivity index (χ0v) is 11.0. The van der Waals surface area contributed by atoms with E-state index in [1.54, 1.807) is 24.3 Å². The molecule has 0 atom stereocenters. The van der Waals surface area contributed by atoms with Crippen molar-refractivity contribution in [3.63, 3.8) is 0 Å². The van der Waals surface area contributed by atoms with Gasteiger partial charge >= 0.3 is 0 Å². The number of ether oxygens (including phenoxy) is 1. The highest BCUT2D eigenvalue weighted by molar-refractivity contribution is 5.39. The van der Waals surface area contributed by atoms with Crippen molar-refractivity contribution in [2.75, 3.05) is 0 Å². The van der Waals surface area contributed by atoms with Gasteiger partial charge in [0.25, 0.3) is 0 Å². The minimum Gasteiger partial charge on any atom is -0.457 e. The van der Waals surface area contributed by atoms with Gasteiger partial charge in [0.2, 0.25) is 0 Å². The van der Waals surface area contributed by atoms with Gasteiger partial charge in [0.05, 0.1) is 11.6 Å². The molecule has 0 aliphatic carbocycles. The Morgan fingerprint density at radius 3 is 2.11 bits per heavy atom. The first-order chi connectivity index (χ1) is 8.79. The molecular weight excluding hydrogens is 222 g/mol. The van der Waals surface area contributed by atoms with Crippen LogP contribution in [0.5, 0.6) is 11.5 Å². The molecule has 0 aliphatic rings. The molecule has 2 rings (SSSR count). The van der Waals surface area contributed by atoms with E-state index in [1.165, 1.54) is 0 Å². The fourth-order valence-corrected chi connectivity index (χ4v) is 1.40. The molecule has 0 saturated heterocycles. The quantitative estimate of drug-likeness (QED) is 0.762. The molecule has 92 valence electrons. The number of aryl methyl sites for hydroxylation is 1. The summed E-state index contributed by atoms with van der Waals surface area (Å²) in [5, 5.41) is 8.67. The number of rotatable bonds is 2. The van der Waals surface area contributed by atoms with Crippen LogP contribution in [0.1, 0.15) is 25.0 Å². The van der Waals surface area contributed by atoms with Crippen molar-refractivity contribution in [1.82, 2.24) is 0 Å². The molecule has 2 aromatic rings. The number of para-hydroxylation sites is 1. The first-order valence-corrected chi connectivity index (χ1v) is 6.03. The molecule has 18 heavy (non-hydrogen) atoms. The highest BCUT2D eigenvalue weighted by Crippen LogP contribution is 2.24.